The first kappa shape index (κ1) is 22.0. The molecule has 0 saturated heterocycles. The lowest BCUT2D eigenvalue weighted by atomic mass is 10.0. The second-order valence-electron chi connectivity index (χ2n) is 5.90. The molecule has 0 aliphatic carbocycles. The minimum Gasteiger partial charge on any atom is -0.391 e. The predicted octanol–water partition coefficient (Wildman–Crippen LogP) is 5.32. The number of halogens is 2. The Morgan fingerprint density at radius 3 is 2.39 bits per heavy atom. The first-order chi connectivity index (χ1) is 13.5. The van der Waals surface area contributed by atoms with E-state index in [9.17, 15) is 0 Å². The highest BCUT2D eigenvalue weighted by Crippen LogP contribution is 2.25. The topological polar surface area (TPSA) is 55.2 Å². The SMILES string of the molecule is CN=C(Cc1ccccc1CON=C(C)C=Cc1c(Cl)cccc1Cl)NOC. The van der Waals surface area contributed by atoms with Gasteiger partial charge in [-0.25, -0.2) is 0 Å². The molecule has 0 spiro atoms. The highest BCUT2D eigenvalue weighted by Gasteiger charge is 2.06. The molecule has 2 aromatic carbocycles. The van der Waals surface area contributed by atoms with Crippen LogP contribution in [0.5, 0.6) is 0 Å². The van der Waals surface area contributed by atoms with Gasteiger partial charge in [-0.05, 0) is 36.3 Å². The van der Waals surface area contributed by atoms with E-state index in [0.29, 0.717) is 28.8 Å². The number of allylic oxidation sites excluding steroid dienone is 1. The minimum atomic E-state index is 0.345. The molecular weight excluding hydrogens is 397 g/mol. The fourth-order valence-electron chi connectivity index (χ4n) is 2.44. The van der Waals surface area contributed by atoms with Crippen molar-refractivity contribution in [2.45, 2.75) is 20.0 Å². The largest absolute Gasteiger partial charge is 0.391 e. The number of nitrogens with one attached hydrogen (secondary N) is 1. The number of hydrogen-bond acceptors (Lipinski definition) is 4. The molecule has 2 aromatic rings. The van der Waals surface area contributed by atoms with Crippen molar-refractivity contribution in [1.29, 1.82) is 0 Å². The van der Waals surface area contributed by atoms with Crippen molar-refractivity contribution in [2.75, 3.05) is 14.2 Å². The van der Waals surface area contributed by atoms with Crippen molar-refractivity contribution < 1.29 is 9.68 Å². The van der Waals surface area contributed by atoms with E-state index in [4.69, 9.17) is 32.9 Å². The summed E-state index contributed by atoms with van der Waals surface area (Å²) in [5, 5.41) is 5.32. The van der Waals surface area contributed by atoms with Gasteiger partial charge in [0.1, 0.15) is 12.4 Å². The Balaban J connectivity index is 2.01. The van der Waals surface area contributed by atoms with Crippen molar-refractivity contribution >= 4 is 40.8 Å². The summed E-state index contributed by atoms with van der Waals surface area (Å²) in [4.78, 5) is 14.6. The molecule has 0 unspecified atom stereocenters. The number of benzene rings is 2. The van der Waals surface area contributed by atoms with Crippen molar-refractivity contribution in [1.82, 2.24) is 5.48 Å². The van der Waals surface area contributed by atoms with E-state index < -0.39 is 0 Å². The maximum atomic E-state index is 6.16. The monoisotopic (exact) mass is 419 g/mol. The Bertz CT molecular complexity index is 859. The number of aliphatic imine (C=N–C) groups is 1. The molecule has 148 valence electrons. The highest BCUT2D eigenvalue weighted by atomic mass is 35.5. The molecule has 0 aliphatic rings. The van der Waals surface area contributed by atoms with Gasteiger partial charge in [0.05, 0.1) is 12.8 Å². The van der Waals surface area contributed by atoms with Crippen LogP contribution in [0, 0.1) is 0 Å². The van der Waals surface area contributed by atoms with Crippen LogP contribution < -0.4 is 5.48 Å². The Kier molecular flexibility index (Phi) is 9.01. The first-order valence-electron chi connectivity index (χ1n) is 8.65. The Morgan fingerprint density at radius 1 is 1.07 bits per heavy atom. The molecule has 7 heteroatoms. The van der Waals surface area contributed by atoms with Crippen LogP contribution >= 0.6 is 23.2 Å². The zero-order valence-electron chi connectivity index (χ0n) is 16.1. The molecule has 28 heavy (non-hydrogen) atoms. The van der Waals surface area contributed by atoms with E-state index in [1.54, 1.807) is 32.4 Å². The third kappa shape index (κ3) is 6.68. The van der Waals surface area contributed by atoms with Gasteiger partial charge in [0.25, 0.3) is 0 Å². The van der Waals surface area contributed by atoms with Gasteiger partial charge in [-0.15, -0.1) is 0 Å². The molecular formula is C21H23Cl2N3O2. The van der Waals surface area contributed by atoms with Gasteiger partial charge in [-0.2, -0.15) is 0 Å². The Labute approximate surface area is 175 Å². The van der Waals surface area contributed by atoms with Crippen LogP contribution in [0.2, 0.25) is 10.0 Å². The molecule has 0 aliphatic heterocycles. The van der Waals surface area contributed by atoms with Crippen LogP contribution in [0.25, 0.3) is 6.08 Å². The van der Waals surface area contributed by atoms with Gasteiger partial charge < -0.3 is 4.84 Å². The molecule has 0 fully saturated rings. The van der Waals surface area contributed by atoms with Crippen molar-refractivity contribution in [3.8, 4) is 0 Å². The van der Waals surface area contributed by atoms with E-state index in [0.717, 1.165) is 22.5 Å². The summed E-state index contributed by atoms with van der Waals surface area (Å²) in [5.41, 5.74) is 6.33. The zero-order valence-corrected chi connectivity index (χ0v) is 17.6. The number of oxime groups is 1. The molecule has 0 amide bonds. The minimum absolute atomic E-state index is 0.345. The number of hydrogen-bond donors (Lipinski definition) is 1. The summed E-state index contributed by atoms with van der Waals surface area (Å²) in [6, 6.07) is 13.4. The second-order valence-corrected chi connectivity index (χ2v) is 6.71. The lowest BCUT2D eigenvalue weighted by Gasteiger charge is -2.11. The lowest BCUT2D eigenvalue weighted by Crippen LogP contribution is -2.24. The number of amidine groups is 1. The van der Waals surface area contributed by atoms with Crippen LogP contribution in [0.4, 0.5) is 0 Å². The molecule has 0 saturated carbocycles. The number of rotatable bonds is 8. The quantitative estimate of drug-likeness (QED) is 0.357. The van der Waals surface area contributed by atoms with Crippen molar-refractivity contribution in [3.05, 3.63) is 75.3 Å². The summed E-state index contributed by atoms with van der Waals surface area (Å²) in [7, 11) is 3.27. The molecule has 0 atom stereocenters. The smallest absolute Gasteiger partial charge is 0.142 e. The third-order valence-electron chi connectivity index (χ3n) is 3.89. The fraction of sp³-hybridized carbons (Fsp3) is 0.238. The molecule has 0 radical (unpaired) electrons. The first-order valence-corrected chi connectivity index (χ1v) is 9.40. The summed E-state index contributed by atoms with van der Waals surface area (Å²) in [5.74, 6) is 0.731. The highest BCUT2D eigenvalue weighted by molar-refractivity contribution is 6.37. The number of hydroxylamine groups is 1. The van der Waals surface area contributed by atoms with Crippen LogP contribution in [-0.4, -0.2) is 25.7 Å². The molecule has 0 heterocycles. The third-order valence-corrected chi connectivity index (χ3v) is 4.54. The average Bonchev–Trinajstić information content (AvgIpc) is 2.68. The zero-order chi connectivity index (χ0) is 20.4. The molecule has 1 N–H and O–H groups in total. The maximum Gasteiger partial charge on any atom is 0.142 e. The number of nitrogens with zero attached hydrogens (tertiary/aromatic N) is 2. The Morgan fingerprint density at radius 2 is 1.75 bits per heavy atom. The van der Waals surface area contributed by atoms with E-state index in [-0.39, 0.29) is 0 Å². The summed E-state index contributed by atoms with van der Waals surface area (Å²) >= 11 is 12.3. The van der Waals surface area contributed by atoms with Gasteiger partial charge >= 0.3 is 0 Å². The van der Waals surface area contributed by atoms with E-state index >= 15 is 0 Å². The summed E-state index contributed by atoms with van der Waals surface area (Å²) < 4.78 is 0. The van der Waals surface area contributed by atoms with Gasteiger partial charge in [-0.1, -0.05) is 64.8 Å². The Hall–Kier alpha value is -2.34. The summed E-state index contributed by atoms with van der Waals surface area (Å²) in [6.07, 6.45) is 4.24. The van der Waals surface area contributed by atoms with E-state index in [2.05, 4.69) is 15.6 Å². The van der Waals surface area contributed by atoms with Crippen LogP contribution in [0.15, 0.2) is 58.7 Å². The lowest BCUT2D eigenvalue weighted by molar-refractivity contribution is 0.130. The second kappa shape index (κ2) is 11.5. The summed E-state index contributed by atoms with van der Waals surface area (Å²) in [6.45, 7) is 2.19. The van der Waals surface area contributed by atoms with Crippen molar-refractivity contribution in [2.24, 2.45) is 10.1 Å². The average molecular weight is 420 g/mol. The van der Waals surface area contributed by atoms with E-state index in [1.165, 1.54) is 0 Å². The van der Waals surface area contributed by atoms with Crippen LogP contribution in [0.3, 0.4) is 0 Å². The van der Waals surface area contributed by atoms with Crippen LogP contribution in [0.1, 0.15) is 23.6 Å². The van der Waals surface area contributed by atoms with Gasteiger partial charge in [-0.3, -0.25) is 15.3 Å². The van der Waals surface area contributed by atoms with E-state index in [1.807, 2.05) is 43.3 Å². The van der Waals surface area contributed by atoms with Gasteiger partial charge in [0, 0.05) is 29.1 Å². The molecule has 5 nitrogen and oxygen atoms in total. The normalized spacial score (nSPS) is 12.5. The standard InChI is InChI=1S/C21H23Cl2N3O2/c1-15(11-12-18-19(22)9-6-10-20(18)23)25-28-14-17-8-5-4-7-16(17)13-21(24-2)26-27-3/h4-12H,13-14H2,1-3H3,(H,24,26). The molecule has 0 aromatic heterocycles. The van der Waals surface area contributed by atoms with Crippen LogP contribution in [-0.2, 0) is 22.7 Å². The molecule has 0 bridgehead atoms. The maximum absolute atomic E-state index is 6.16. The van der Waals surface area contributed by atoms with Crippen molar-refractivity contribution in [3.63, 3.8) is 0 Å². The molecule has 2 rings (SSSR count). The van der Waals surface area contributed by atoms with Gasteiger partial charge in [0.15, 0.2) is 0 Å². The van der Waals surface area contributed by atoms with Gasteiger partial charge in [0.2, 0.25) is 0 Å². The predicted molar refractivity (Wildman–Crippen MR) is 117 cm³/mol. The fourth-order valence-corrected chi connectivity index (χ4v) is 2.96.